The molecule has 6 heteroatoms. The number of hydrogen-bond acceptors (Lipinski definition) is 4. The van der Waals surface area contributed by atoms with Gasteiger partial charge in [-0.25, -0.2) is 0 Å². The van der Waals surface area contributed by atoms with Crippen molar-refractivity contribution >= 4 is 30.8 Å². The van der Waals surface area contributed by atoms with Crippen molar-refractivity contribution in [2.24, 2.45) is 0 Å². The van der Waals surface area contributed by atoms with E-state index in [4.69, 9.17) is 2.51 Å². The summed E-state index contributed by atoms with van der Waals surface area (Å²) < 4.78 is 39.0. The van der Waals surface area contributed by atoms with E-state index < -0.39 is 30.8 Å². The van der Waals surface area contributed by atoms with E-state index in [-0.39, 0.29) is 5.75 Å². The van der Waals surface area contributed by atoms with E-state index in [1.54, 1.807) is 54.6 Å². The van der Waals surface area contributed by atoms with Crippen LogP contribution in [-0.4, -0.2) is 11.9 Å². The predicted octanol–water partition coefficient (Wildman–Crippen LogP) is 2.73. The van der Waals surface area contributed by atoms with Gasteiger partial charge in [-0.15, -0.1) is 0 Å². The average Bonchev–Trinajstić information content (AvgIpc) is 2.39. The van der Waals surface area contributed by atoms with E-state index in [1.807, 2.05) is 6.07 Å². The molecule has 0 radical (unpaired) electrons. The van der Waals surface area contributed by atoms with E-state index in [1.165, 1.54) is 0 Å². The Hall–Kier alpha value is -0.960. The minimum atomic E-state index is -3.76. The van der Waals surface area contributed by atoms with Crippen molar-refractivity contribution < 1.29 is 14.4 Å². The first-order valence-corrected chi connectivity index (χ1v) is 9.98. The van der Waals surface area contributed by atoms with E-state index in [0.717, 1.165) is 0 Å². The van der Waals surface area contributed by atoms with Gasteiger partial charge >= 0.3 is 121 Å². The Balaban J connectivity index is 2.06. The molecule has 2 aromatic carbocycles. The average molecular weight is 392 g/mol. The fourth-order valence-electron chi connectivity index (χ4n) is 1.45. The quantitative estimate of drug-likeness (QED) is 0.795. The zero-order valence-corrected chi connectivity index (χ0v) is 12.9. The molecule has 0 spiro atoms. The molecule has 0 aromatic heterocycles. The molecule has 0 aliphatic rings. The number of halogens is 1. The van der Waals surface area contributed by atoms with Gasteiger partial charge in [0.05, 0.1) is 0 Å². The maximum absolute atomic E-state index is 11.8. The standard InChI is InChI=1S/C13H13IO4S/c15-14(13-9-5-2-6-10-13)18-19(16,17)11-12-7-3-1-4-8-12/h1-10,15H,11H2. The van der Waals surface area contributed by atoms with Gasteiger partial charge in [0.15, 0.2) is 0 Å². The molecule has 0 saturated carbocycles. The number of hydrogen-bond donors (Lipinski definition) is 1. The summed E-state index contributed by atoms with van der Waals surface area (Å²) in [5.41, 5.74) is 0.639. The first kappa shape index (κ1) is 14.4. The van der Waals surface area contributed by atoms with Crippen LogP contribution < -0.4 is 0 Å². The topological polar surface area (TPSA) is 63.6 Å². The van der Waals surface area contributed by atoms with Crippen LogP contribution in [0.4, 0.5) is 0 Å². The van der Waals surface area contributed by atoms with Gasteiger partial charge in [0.1, 0.15) is 0 Å². The monoisotopic (exact) mass is 392 g/mol. The Kier molecular flexibility index (Phi) is 4.92. The second kappa shape index (κ2) is 6.47. The molecule has 0 saturated heterocycles. The molecule has 2 rings (SSSR count). The third-order valence-electron chi connectivity index (χ3n) is 2.26. The first-order chi connectivity index (χ1) is 9.07. The molecular formula is C13H13IO4S. The zero-order chi connectivity index (χ0) is 13.7. The normalized spacial score (nSPS) is 12.2. The number of benzene rings is 2. The second-order valence-corrected chi connectivity index (χ2v) is 8.95. The van der Waals surface area contributed by atoms with Crippen molar-refractivity contribution in [1.82, 2.24) is 0 Å². The summed E-state index contributed by atoms with van der Waals surface area (Å²) in [4.78, 5) is 0. The molecule has 19 heavy (non-hydrogen) atoms. The first-order valence-electron chi connectivity index (χ1n) is 5.48. The van der Waals surface area contributed by atoms with E-state index >= 15 is 0 Å². The molecule has 0 atom stereocenters. The van der Waals surface area contributed by atoms with Crippen LogP contribution in [0.2, 0.25) is 0 Å². The third-order valence-corrected chi connectivity index (χ3v) is 7.71. The molecule has 0 bridgehead atoms. The van der Waals surface area contributed by atoms with Crippen molar-refractivity contribution in [1.29, 1.82) is 0 Å². The molecule has 0 fully saturated rings. The molecule has 0 aliphatic carbocycles. The third kappa shape index (κ3) is 4.57. The van der Waals surface area contributed by atoms with Crippen molar-refractivity contribution in [2.45, 2.75) is 5.75 Å². The number of rotatable bonds is 5. The van der Waals surface area contributed by atoms with E-state index in [9.17, 15) is 11.9 Å². The molecule has 2 aromatic rings. The molecule has 0 heterocycles. The molecule has 4 nitrogen and oxygen atoms in total. The predicted molar refractivity (Wildman–Crippen MR) is 81.5 cm³/mol. The molecular weight excluding hydrogens is 379 g/mol. The van der Waals surface area contributed by atoms with Gasteiger partial charge in [0.2, 0.25) is 0 Å². The van der Waals surface area contributed by atoms with Crippen LogP contribution in [0.25, 0.3) is 0 Å². The van der Waals surface area contributed by atoms with Gasteiger partial charge in [-0.2, -0.15) is 0 Å². The van der Waals surface area contributed by atoms with Crippen LogP contribution in [0.5, 0.6) is 0 Å². The maximum atomic E-state index is 11.8. The van der Waals surface area contributed by atoms with Crippen molar-refractivity contribution in [2.75, 3.05) is 0 Å². The van der Waals surface area contributed by atoms with Gasteiger partial charge in [-0.05, 0) is 0 Å². The van der Waals surface area contributed by atoms with Crippen LogP contribution in [0.15, 0.2) is 60.7 Å². The van der Waals surface area contributed by atoms with Gasteiger partial charge in [0.25, 0.3) is 0 Å². The zero-order valence-electron chi connectivity index (χ0n) is 9.94. The van der Waals surface area contributed by atoms with Gasteiger partial charge in [-0.3, -0.25) is 0 Å². The molecule has 0 unspecified atom stereocenters. The van der Waals surface area contributed by atoms with Gasteiger partial charge in [-0.1, -0.05) is 0 Å². The SMILES string of the molecule is O=S(=O)(Cc1ccccc1)OI(O)c1ccccc1. The Bertz CT molecular complexity index is 614. The summed E-state index contributed by atoms with van der Waals surface area (Å²) in [5.74, 6) is -0.227. The molecule has 0 aliphatic heterocycles. The Labute approximate surface area is 120 Å². The van der Waals surface area contributed by atoms with Gasteiger partial charge in [0, 0.05) is 0 Å². The Morgan fingerprint density at radius 3 is 2.05 bits per heavy atom. The van der Waals surface area contributed by atoms with Crippen LogP contribution in [0.3, 0.4) is 0 Å². The Morgan fingerprint density at radius 2 is 1.47 bits per heavy atom. The van der Waals surface area contributed by atoms with Crippen LogP contribution in [0, 0.1) is 3.57 Å². The van der Waals surface area contributed by atoms with Crippen molar-refractivity contribution in [3.63, 3.8) is 0 Å². The summed E-state index contributed by atoms with van der Waals surface area (Å²) in [6.45, 7) is 0. The van der Waals surface area contributed by atoms with Crippen LogP contribution in [-0.2, 0) is 18.4 Å². The van der Waals surface area contributed by atoms with Gasteiger partial charge < -0.3 is 0 Å². The molecule has 102 valence electrons. The summed E-state index contributed by atoms with van der Waals surface area (Å²) in [5, 5.41) is 0. The van der Waals surface area contributed by atoms with Crippen LogP contribution >= 0.6 is 20.6 Å². The fraction of sp³-hybridized carbons (Fsp3) is 0.0769. The summed E-state index contributed by atoms with van der Waals surface area (Å²) in [6, 6.07) is 17.4. The second-order valence-electron chi connectivity index (χ2n) is 3.78. The van der Waals surface area contributed by atoms with E-state index in [0.29, 0.717) is 9.13 Å². The van der Waals surface area contributed by atoms with Crippen molar-refractivity contribution in [3.8, 4) is 0 Å². The Morgan fingerprint density at radius 1 is 0.947 bits per heavy atom. The summed E-state index contributed by atoms with van der Waals surface area (Å²) in [6.07, 6.45) is 0. The van der Waals surface area contributed by atoms with Crippen LogP contribution in [0.1, 0.15) is 5.56 Å². The van der Waals surface area contributed by atoms with Crippen molar-refractivity contribution in [3.05, 3.63) is 69.8 Å². The fourth-order valence-corrected chi connectivity index (χ4v) is 5.94. The molecule has 1 N–H and O–H groups in total. The molecule has 0 amide bonds. The van der Waals surface area contributed by atoms with E-state index in [2.05, 4.69) is 0 Å². The summed E-state index contributed by atoms with van der Waals surface area (Å²) >= 11 is -3.10. The minimum absolute atomic E-state index is 0.227. The summed E-state index contributed by atoms with van der Waals surface area (Å²) in [7, 11) is -3.76.